The predicted molar refractivity (Wildman–Crippen MR) is 99.4 cm³/mol. The van der Waals surface area contributed by atoms with Crippen LogP contribution in [-0.4, -0.2) is 55.2 Å². The Morgan fingerprint density at radius 1 is 1.36 bits per heavy atom. The molecule has 7 nitrogen and oxygen atoms in total. The third-order valence-electron chi connectivity index (χ3n) is 3.91. The molecule has 3 heterocycles. The molecule has 25 heavy (non-hydrogen) atoms. The number of likely N-dealkylation sites (tertiary alicyclic amines) is 1. The van der Waals surface area contributed by atoms with Gasteiger partial charge < -0.3 is 5.32 Å². The molecule has 0 aromatic carbocycles. The van der Waals surface area contributed by atoms with Crippen molar-refractivity contribution in [1.29, 1.82) is 0 Å². The molecule has 2 aromatic rings. The number of hydrogen-bond donors (Lipinski definition) is 1. The Kier molecular flexibility index (Phi) is 5.85. The van der Waals surface area contributed by atoms with Crippen molar-refractivity contribution in [2.24, 2.45) is 0 Å². The molecule has 0 unspecified atom stereocenters. The molecule has 0 aliphatic carbocycles. The molecule has 1 N–H and O–H groups in total. The first-order chi connectivity index (χ1) is 11.9. The van der Waals surface area contributed by atoms with E-state index in [1.807, 2.05) is 5.38 Å². The molecular formula is C15H20N4O3S3. The van der Waals surface area contributed by atoms with Gasteiger partial charge >= 0.3 is 0 Å². The number of hydrogen-bond acceptors (Lipinski definition) is 7. The van der Waals surface area contributed by atoms with Gasteiger partial charge in [-0.25, -0.2) is 13.4 Å². The van der Waals surface area contributed by atoms with Crippen LogP contribution >= 0.6 is 22.7 Å². The minimum absolute atomic E-state index is 0.227. The first-order valence-electron chi connectivity index (χ1n) is 7.91. The van der Waals surface area contributed by atoms with E-state index in [2.05, 4.69) is 15.2 Å². The highest BCUT2D eigenvalue weighted by molar-refractivity contribution is 7.91. The summed E-state index contributed by atoms with van der Waals surface area (Å²) in [7, 11) is -2.23. The summed E-state index contributed by atoms with van der Waals surface area (Å²) in [5.41, 5.74) is 0.932. The highest BCUT2D eigenvalue weighted by Gasteiger charge is 2.24. The van der Waals surface area contributed by atoms with E-state index in [4.69, 9.17) is 0 Å². The summed E-state index contributed by atoms with van der Waals surface area (Å²) >= 11 is 2.49. The SMILES string of the molecule is CN(CC(=O)Nc1nc(CN2CCCC2)cs1)S(=O)(=O)c1cccs1. The number of sulfonamides is 1. The monoisotopic (exact) mass is 400 g/mol. The molecule has 1 saturated heterocycles. The number of likely N-dealkylation sites (N-methyl/N-ethyl adjacent to an activating group) is 1. The average Bonchev–Trinajstić information content (AvgIpc) is 3.29. The second-order valence-corrected chi connectivity index (χ2v) is 9.95. The van der Waals surface area contributed by atoms with Gasteiger partial charge in [-0.3, -0.25) is 9.69 Å². The zero-order chi connectivity index (χ0) is 17.9. The first-order valence-corrected chi connectivity index (χ1v) is 11.1. The second-order valence-electron chi connectivity index (χ2n) is 5.87. The smallest absolute Gasteiger partial charge is 0.252 e. The van der Waals surface area contributed by atoms with Gasteiger partial charge in [0.1, 0.15) is 4.21 Å². The quantitative estimate of drug-likeness (QED) is 0.769. The fourth-order valence-electron chi connectivity index (χ4n) is 2.62. The van der Waals surface area contributed by atoms with Crippen molar-refractivity contribution in [3.05, 3.63) is 28.6 Å². The van der Waals surface area contributed by atoms with Crippen molar-refractivity contribution < 1.29 is 13.2 Å². The van der Waals surface area contributed by atoms with Crippen LogP contribution in [0.15, 0.2) is 27.1 Å². The van der Waals surface area contributed by atoms with E-state index in [1.165, 1.54) is 37.3 Å². The summed E-state index contributed by atoms with van der Waals surface area (Å²) in [6.45, 7) is 2.72. The second kappa shape index (κ2) is 7.92. The van der Waals surface area contributed by atoms with Crippen LogP contribution in [-0.2, 0) is 21.4 Å². The number of nitrogens with one attached hydrogen (secondary N) is 1. The topological polar surface area (TPSA) is 82.6 Å². The molecule has 136 valence electrons. The lowest BCUT2D eigenvalue weighted by Crippen LogP contribution is -2.34. The van der Waals surface area contributed by atoms with Crippen LogP contribution < -0.4 is 5.32 Å². The van der Waals surface area contributed by atoms with Gasteiger partial charge in [-0.15, -0.1) is 22.7 Å². The predicted octanol–water partition coefficient (Wildman–Crippen LogP) is 2.06. The molecule has 3 rings (SSSR count). The van der Waals surface area contributed by atoms with E-state index in [-0.39, 0.29) is 10.8 Å². The Morgan fingerprint density at radius 3 is 2.80 bits per heavy atom. The molecular weight excluding hydrogens is 380 g/mol. The molecule has 1 amide bonds. The number of thiophene rings is 1. The zero-order valence-electron chi connectivity index (χ0n) is 13.8. The Hall–Kier alpha value is -1.33. The fourth-order valence-corrected chi connectivity index (χ4v) is 5.66. The normalized spacial score (nSPS) is 15.8. The molecule has 1 aliphatic heterocycles. The third-order valence-corrected chi connectivity index (χ3v) is 7.89. The lowest BCUT2D eigenvalue weighted by atomic mass is 10.4. The van der Waals surface area contributed by atoms with Gasteiger partial charge in [0.25, 0.3) is 10.0 Å². The van der Waals surface area contributed by atoms with Gasteiger partial charge in [0.05, 0.1) is 12.2 Å². The van der Waals surface area contributed by atoms with E-state index < -0.39 is 15.9 Å². The van der Waals surface area contributed by atoms with Crippen molar-refractivity contribution in [1.82, 2.24) is 14.2 Å². The molecule has 0 atom stereocenters. The van der Waals surface area contributed by atoms with E-state index in [9.17, 15) is 13.2 Å². The summed E-state index contributed by atoms with van der Waals surface area (Å²) < 4.78 is 25.9. The summed E-state index contributed by atoms with van der Waals surface area (Å²) in [6, 6.07) is 3.20. The van der Waals surface area contributed by atoms with Crippen molar-refractivity contribution in [2.45, 2.75) is 23.6 Å². The van der Waals surface area contributed by atoms with E-state index in [0.29, 0.717) is 5.13 Å². The van der Waals surface area contributed by atoms with Crippen LogP contribution in [0.2, 0.25) is 0 Å². The number of nitrogens with zero attached hydrogens (tertiary/aromatic N) is 3. The van der Waals surface area contributed by atoms with Gasteiger partial charge in [-0.2, -0.15) is 4.31 Å². The van der Waals surface area contributed by atoms with Crippen molar-refractivity contribution in [2.75, 3.05) is 32.0 Å². The largest absolute Gasteiger partial charge is 0.301 e. The number of amides is 1. The molecule has 2 aromatic heterocycles. The summed E-state index contributed by atoms with van der Waals surface area (Å²) in [5, 5.41) is 6.81. The van der Waals surface area contributed by atoms with Gasteiger partial charge in [0.2, 0.25) is 5.91 Å². The summed E-state index contributed by atoms with van der Waals surface area (Å²) in [5.74, 6) is -0.398. The summed E-state index contributed by atoms with van der Waals surface area (Å²) in [4.78, 5) is 18.9. The number of carbonyl (C=O) groups excluding carboxylic acids is 1. The van der Waals surface area contributed by atoms with Gasteiger partial charge in [-0.1, -0.05) is 6.07 Å². The Morgan fingerprint density at radius 2 is 2.12 bits per heavy atom. The number of aromatic nitrogens is 1. The van der Waals surface area contributed by atoms with Crippen LogP contribution in [0.4, 0.5) is 5.13 Å². The number of anilines is 1. The zero-order valence-corrected chi connectivity index (χ0v) is 16.3. The molecule has 0 saturated carbocycles. The Bertz CT molecular complexity index is 811. The van der Waals surface area contributed by atoms with Crippen molar-refractivity contribution in [3.63, 3.8) is 0 Å². The van der Waals surface area contributed by atoms with E-state index in [1.54, 1.807) is 11.4 Å². The molecule has 1 aliphatic rings. The maximum absolute atomic E-state index is 12.3. The minimum atomic E-state index is -3.63. The summed E-state index contributed by atoms with van der Waals surface area (Å²) in [6.07, 6.45) is 2.44. The van der Waals surface area contributed by atoms with Crippen molar-refractivity contribution in [3.8, 4) is 0 Å². The highest BCUT2D eigenvalue weighted by Crippen LogP contribution is 2.21. The van der Waals surface area contributed by atoms with Crippen LogP contribution in [0.25, 0.3) is 0 Å². The lowest BCUT2D eigenvalue weighted by molar-refractivity contribution is -0.116. The highest BCUT2D eigenvalue weighted by atomic mass is 32.2. The van der Waals surface area contributed by atoms with Crippen LogP contribution in [0.3, 0.4) is 0 Å². The Balaban J connectivity index is 1.54. The lowest BCUT2D eigenvalue weighted by Gasteiger charge is -2.15. The Labute approximate surface area is 155 Å². The number of rotatable bonds is 7. The number of carbonyl (C=O) groups is 1. The van der Waals surface area contributed by atoms with E-state index >= 15 is 0 Å². The molecule has 0 bridgehead atoms. The average molecular weight is 401 g/mol. The maximum atomic E-state index is 12.3. The van der Waals surface area contributed by atoms with Gasteiger partial charge in [0.15, 0.2) is 5.13 Å². The van der Waals surface area contributed by atoms with Crippen LogP contribution in [0.5, 0.6) is 0 Å². The molecule has 0 radical (unpaired) electrons. The first kappa shape index (κ1) is 18.5. The van der Waals surface area contributed by atoms with Crippen molar-refractivity contribution >= 4 is 43.7 Å². The standard InChI is InChI=1S/C15H20N4O3S3/c1-18(25(21,22)14-5-4-8-23-14)10-13(20)17-15-16-12(11-24-15)9-19-6-2-3-7-19/h4-5,8,11H,2-3,6-7,9-10H2,1H3,(H,16,17,20). The van der Waals surface area contributed by atoms with Gasteiger partial charge in [0, 0.05) is 19.0 Å². The number of thiazole rings is 1. The third kappa shape index (κ3) is 4.64. The molecule has 0 spiro atoms. The van der Waals surface area contributed by atoms with Crippen LogP contribution in [0, 0.1) is 0 Å². The maximum Gasteiger partial charge on any atom is 0.252 e. The van der Waals surface area contributed by atoms with Crippen LogP contribution in [0.1, 0.15) is 18.5 Å². The molecule has 10 heteroatoms. The van der Waals surface area contributed by atoms with E-state index in [0.717, 1.165) is 41.0 Å². The van der Waals surface area contributed by atoms with Gasteiger partial charge in [-0.05, 0) is 37.4 Å². The molecule has 1 fully saturated rings. The fraction of sp³-hybridized carbons (Fsp3) is 0.467. The minimum Gasteiger partial charge on any atom is -0.301 e.